The summed E-state index contributed by atoms with van der Waals surface area (Å²) >= 11 is 0. The molecule has 0 aliphatic rings. The maximum Gasteiger partial charge on any atom is 0.271 e. The van der Waals surface area contributed by atoms with Crippen LogP contribution in [-0.2, 0) is 26.2 Å². The summed E-state index contributed by atoms with van der Waals surface area (Å²) < 4.78 is 33.6. The zero-order valence-electron chi connectivity index (χ0n) is 23.4. The lowest BCUT2D eigenvalue weighted by Crippen LogP contribution is -2.52. The SMILES string of the molecule is CC[C@H](C)NC(=O)[C@@H](C)N(Cc1ccc(OC)cc1)C(=O)CN(c1cccc([N+](=O)[O-])c1)S(=O)(=O)c1ccccc1. The third-order valence-corrected chi connectivity index (χ3v) is 8.41. The van der Waals surface area contributed by atoms with Crippen molar-refractivity contribution >= 4 is 33.2 Å². The number of nitro groups is 1. The Balaban J connectivity index is 2.05. The van der Waals surface area contributed by atoms with Gasteiger partial charge in [0.1, 0.15) is 18.3 Å². The number of carbonyl (C=O) groups excluding carboxylic acids is 2. The third-order valence-electron chi connectivity index (χ3n) is 6.62. The Hall–Kier alpha value is -4.45. The Bertz CT molecular complexity index is 1460. The number of carbonyl (C=O) groups is 2. The number of methoxy groups -OCH3 is 1. The Labute approximate surface area is 239 Å². The summed E-state index contributed by atoms with van der Waals surface area (Å²) in [5, 5.41) is 14.3. The quantitative estimate of drug-likeness (QED) is 0.236. The number of anilines is 1. The van der Waals surface area contributed by atoms with Gasteiger partial charge in [0.2, 0.25) is 11.8 Å². The van der Waals surface area contributed by atoms with Gasteiger partial charge in [-0.3, -0.25) is 24.0 Å². The van der Waals surface area contributed by atoms with E-state index in [9.17, 15) is 28.1 Å². The topological polar surface area (TPSA) is 139 Å². The normalized spacial score (nSPS) is 12.6. The molecular weight excluding hydrogens is 548 g/mol. The summed E-state index contributed by atoms with van der Waals surface area (Å²) in [5.41, 5.74) is 0.298. The molecule has 3 rings (SSSR count). The number of nitrogens with one attached hydrogen (secondary N) is 1. The molecule has 0 aromatic heterocycles. The Morgan fingerprint density at radius 1 is 1.00 bits per heavy atom. The second-order valence-electron chi connectivity index (χ2n) is 9.47. The number of hydrogen-bond donors (Lipinski definition) is 1. The van der Waals surface area contributed by atoms with Crippen LogP contribution >= 0.6 is 0 Å². The van der Waals surface area contributed by atoms with E-state index in [1.807, 2.05) is 13.8 Å². The van der Waals surface area contributed by atoms with Crippen LogP contribution in [0.5, 0.6) is 5.75 Å². The molecule has 0 aliphatic heterocycles. The number of hydrogen-bond acceptors (Lipinski definition) is 7. The molecule has 11 nitrogen and oxygen atoms in total. The predicted octanol–water partition coefficient (Wildman–Crippen LogP) is 4.13. The Morgan fingerprint density at radius 2 is 1.66 bits per heavy atom. The van der Waals surface area contributed by atoms with Crippen LogP contribution in [0.2, 0.25) is 0 Å². The maximum atomic E-state index is 13.9. The van der Waals surface area contributed by atoms with Crippen molar-refractivity contribution in [3.8, 4) is 5.75 Å². The number of ether oxygens (including phenoxy) is 1. The average Bonchev–Trinajstić information content (AvgIpc) is 2.98. The van der Waals surface area contributed by atoms with E-state index in [2.05, 4.69) is 5.32 Å². The van der Waals surface area contributed by atoms with Gasteiger partial charge < -0.3 is 15.0 Å². The highest BCUT2D eigenvalue weighted by atomic mass is 32.2. The molecule has 2 atom stereocenters. The molecule has 0 saturated carbocycles. The molecule has 218 valence electrons. The molecule has 0 fully saturated rings. The molecule has 0 spiro atoms. The summed E-state index contributed by atoms with van der Waals surface area (Å²) in [5.74, 6) is -0.451. The number of nitrogens with zero attached hydrogens (tertiary/aromatic N) is 3. The molecule has 0 aliphatic carbocycles. The van der Waals surface area contributed by atoms with Gasteiger partial charge in [0, 0.05) is 24.7 Å². The van der Waals surface area contributed by atoms with E-state index in [0.29, 0.717) is 17.7 Å². The first-order valence-corrected chi connectivity index (χ1v) is 14.5. The van der Waals surface area contributed by atoms with E-state index in [0.717, 1.165) is 10.4 Å². The summed E-state index contributed by atoms with van der Waals surface area (Å²) in [6.07, 6.45) is 0.681. The molecule has 3 aromatic carbocycles. The van der Waals surface area contributed by atoms with Gasteiger partial charge in [-0.25, -0.2) is 8.42 Å². The second-order valence-corrected chi connectivity index (χ2v) is 11.3. The first-order chi connectivity index (χ1) is 19.5. The van der Waals surface area contributed by atoms with Crippen LogP contribution < -0.4 is 14.4 Å². The van der Waals surface area contributed by atoms with E-state index in [1.165, 1.54) is 54.5 Å². The minimum atomic E-state index is -4.33. The number of sulfonamides is 1. The summed E-state index contributed by atoms with van der Waals surface area (Å²) in [7, 11) is -2.80. The molecule has 0 unspecified atom stereocenters. The highest BCUT2D eigenvalue weighted by molar-refractivity contribution is 7.92. The van der Waals surface area contributed by atoms with E-state index in [4.69, 9.17) is 4.74 Å². The van der Waals surface area contributed by atoms with E-state index >= 15 is 0 Å². The Morgan fingerprint density at radius 3 is 2.24 bits per heavy atom. The number of rotatable bonds is 13. The molecule has 12 heteroatoms. The van der Waals surface area contributed by atoms with Crippen LogP contribution in [-0.4, -0.2) is 55.8 Å². The van der Waals surface area contributed by atoms with Crippen molar-refractivity contribution in [2.24, 2.45) is 0 Å². The van der Waals surface area contributed by atoms with Crippen molar-refractivity contribution < 1.29 is 27.7 Å². The van der Waals surface area contributed by atoms with Gasteiger partial charge in [0.25, 0.3) is 15.7 Å². The van der Waals surface area contributed by atoms with Gasteiger partial charge in [-0.15, -0.1) is 0 Å². The van der Waals surface area contributed by atoms with Crippen molar-refractivity contribution in [1.82, 2.24) is 10.2 Å². The fourth-order valence-electron chi connectivity index (χ4n) is 3.99. The number of benzene rings is 3. The summed E-state index contributed by atoms with van der Waals surface area (Å²) in [6.45, 7) is 4.64. The lowest BCUT2D eigenvalue weighted by atomic mass is 10.1. The summed E-state index contributed by atoms with van der Waals surface area (Å²) in [4.78, 5) is 39.1. The van der Waals surface area contributed by atoms with Crippen molar-refractivity contribution in [3.63, 3.8) is 0 Å². The lowest BCUT2D eigenvalue weighted by molar-refractivity contribution is -0.384. The van der Waals surface area contributed by atoms with Gasteiger partial charge in [0.05, 0.1) is 22.6 Å². The van der Waals surface area contributed by atoms with Crippen LogP contribution in [0.3, 0.4) is 0 Å². The highest BCUT2D eigenvalue weighted by Crippen LogP contribution is 2.27. The molecule has 0 bridgehead atoms. The highest BCUT2D eigenvalue weighted by Gasteiger charge is 2.33. The molecule has 1 N–H and O–H groups in total. The molecule has 0 heterocycles. The zero-order valence-corrected chi connectivity index (χ0v) is 24.2. The van der Waals surface area contributed by atoms with Crippen LogP contribution in [0.15, 0.2) is 83.8 Å². The average molecular weight is 583 g/mol. The zero-order chi connectivity index (χ0) is 30.2. The minimum absolute atomic E-state index is 0.00603. The van der Waals surface area contributed by atoms with Crippen molar-refractivity contribution in [2.45, 2.75) is 50.7 Å². The van der Waals surface area contributed by atoms with Crippen LogP contribution in [0, 0.1) is 10.1 Å². The number of amides is 2. The summed E-state index contributed by atoms with van der Waals surface area (Å²) in [6, 6.07) is 18.4. The van der Waals surface area contributed by atoms with E-state index in [-0.39, 0.29) is 28.9 Å². The first kappa shape index (κ1) is 31.1. The monoisotopic (exact) mass is 582 g/mol. The second kappa shape index (κ2) is 13.8. The van der Waals surface area contributed by atoms with Crippen molar-refractivity contribution in [2.75, 3.05) is 18.0 Å². The van der Waals surface area contributed by atoms with E-state index in [1.54, 1.807) is 37.3 Å². The van der Waals surface area contributed by atoms with Gasteiger partial charge in [0.15, 0.2) is 0 Å². The molecule has 3 aromatic rings. The Kier molecular flexibility index (Phi) is 10.4. The largest absolute Gasteiger partial charge is 0.497 e. The molecule has 41 heavy (non-hydrogen) atoms. The smallest absolute Gasteiger partial charge is 0.271 e. The number of non-ortho nitro benzene ring substituents is 1. The molecular formula is C29H34N4O7S. The van der Waals surface area contributed by atoms with Gasteiger partial charge in [-0.05, 0) is 56.2 Å². The lowest BCUT2D eigenvalue weighted by Gasteiger charge is -2.32. The van der Waals surface area contributed by atoms with Gasteiger partial charge >= 0.3 is 0 Å². The fraction of sp³-hybridized carbons (Fsp3) is 0.310. The molecule has 0 radical (unpaired) electrons. The van der Waals surface area contributed by atoms with Gasteiger partial charge in [-0.2, -0.15) is 0 Å². The van der Waals surface area contributed by atoms with Crippen molar-refractivity contribution in [3.05, 3.63) is 94.5 Å². The fourth-order valence-corrected chi connectivity index (χ4v) is 5.41. The van der Waals surface area contributed by atoms with Crippen LogP contribution in [0.25, 0.3) is 0 Å². The molecule has 2 amide bonds. The van der Waals surface area contributed by atoms with Crippen molar-refractivity contribution in [1.29, 1.82) is 0 Å². The predicted molar refractivity (Wildman–Crippen MR) is 155 cm³/mol. The van der Waals surface area contributed by atoms with E-state index < -0.39 is 39.3 Å². The maximum absolute atomic E-state index is 13.9. The third kappa shape index (κ3) is 7.82. The van der Waals surface area contributed by atoms with Crippen LogP contribution in [0.4, 0.5) is 11.4 Å². The number of nitro benzene ring substituents is 1. The van der Waals surface area contributed by atoms with Crippen LogP contribution in [0.1, 0.15) is 32.8 Å². The molecule has 0 saturated heterocycles. The standard InChI is InChI=1S/C29H34N4O7S/c1-5-21(2)30-29(35)22(3)31(19-23-14-16-26(40-4)17-15-23)28(34)20-32(24-10-9-11-25(18-24)33(36)37)41(38,39)27-12-7-6-8-13-27/h6-18,21-22H,5,19-20H2,1-4H3,(H,30,35)/t21-,22+/m0/s1. The van der Waals surface area contributed by atoms with Gasteiger partial charge in [-0.1, -0.05) is 43.3 Å². The first-order valence-electron chi connectivity index (χ1n) is 13.0. The minimum Gasteiger partial charge on any atom is -0.497 e.